The van der Waals surface area contributed by atoms with Crippen molar-refractivity contribution in [1.29, 1.82) is 0 Å². The predicted molar refractivity (Wildman–Crippen MR) is 63.4 cm³/mol. The monoisotopic (exact) mass is 369 g/mol. The van der Waals surface area contributed by atoms with Crippen molar-refractivity contribution in [3.8, 4) is 0 Å². The van der Waals surface area contributed by atoms with Gasteiger partial charge in [0, 0.05) is 39.8 Å². The molecule has 1 radical (unpaired) electrons. The van der Waals surface area contributed by atoms with Crippen LogP contribution in [0, 0.1) is 6.42 Å². The quantitative estimate of drug-likeness (QED) is 0.548. The molecule has 1 fully saturated rings. The molecule has 1 aliphatic rings. The summed E-state index contributed by atoms with van der Waals surface area (Å²) in [7, 11) is 1.41. The van der Waals surface area contributed by atoms with E-state index in [1.54, 1.807) is 0 Å². The van der Waals surface area contributed by atoms with Gasteiger partial charge in [-0.15, -0.1) is 5.10 Å². The molecule has 3 rings (SSSR count). The van der Waals surface area contributed by atoms with Gasteiger partial charge in [-0.25, -0.2) is 23.4 Å². The van der Waals surface area contributed by atoms with Crippen molar-refractivity contribution < 1.29 is 46.6 Å². The number of nitrogens with zero attached hydrogens (tertiary/aromatic N) is 5. The zero-order valence-electron chi connectivity index (χ0n) is 11.2. The summed E-state index contributed by atoms with van der Waals surface area (Å²) < 4.78 is 20.9. The Kier molecular flexibility index (Phi) is 4.53. The average Bonchev–Trinajstić information content (AvgIpc) is 3.00. The van der Waals surface area contributed by atoms with Gasteiger partial charge in [0.1, 0.15) is 12.2 Å². The molecule has 0 aliphatic heterocycles. The van der Waals surface area contributed by atoms with E-state index in [9.17, 15) is 14.0 Å². The molecule has 8 nitrogen and oxygen atoms in total. The summed E-state index contributed by atoms with van der Waals surface area (Å²) in [6.07, 6.45) is 3.74. The number of ether oxygens (including phenoxy) is 1. The summed E-state index contributed by atoms with van der Waals surface area (Å²) in [6.45, 7) is 0. The number of carbonyl (C=O) groups excluding carboxylic acids is 1. The second kappa shape index (κ2) is 5.88. The minimum absolute atomic E-state index is 0. The van der Waals surface area contributed by atoms with Crippen LogP contribution >= 0.6 is 0 Å². The Labute approximate surface area is 143 Å². The van der Waals surface area contributed by atoms with Crippen LogP contribution in [0.25, 0.3) is 5.65 Å². The number of hydrogen-bond acceptors (Lipinski definition) is 6. The average molecular weight is 369 g/mol. The molecular formula is C11H11FN5O3Y-. The normalized spacial score (nSPS) is 21.2. The number of aryl methyl sites for hydroxylation is 1. The third-order valence-electron chi connectivity index (χ3n) is 3.13. The fourth-order valence-corrected chi connectivity index (χ4v) is 2.08. The zero-order valence-corrected chi connectivity index (χ0v) is 14.0. The van der Waals surface area contributed by atoms with Gasteiger partial charge in [0.2, 0.25) is 0 Å². The minimum Gasteiger partial charge on any atom is -0.454 e. The number of esters is 1. The Bertz CT molecular complexity index is 737. The van der Waals surface area contributed by atoms with Gasteiger partial charge in [-0.2, -0.15) is 11.1 Å². The van der Waals surface area contributed by atoms with E-state index >= 15 is 0 Å². The topological polar surface area (TPSA) is 91.4 Å². The molecule has 0 spiro atoms. The fourth-order valence-electron chi connectivity index (χ4n) is 2.08. The second-order valence-electron chi connectivity index (χ2n) is 4.55. The summed E-state index contributed by atoms with van der Waals surface area (Å²) >= 11 is 0. The first-order valence-corrected chi connectivity index (χ1v) is 6.04. The van der Waals surface area contributed by atoms with E-state index in [0.29, 0.717) is 12.8 Å². The largest absolute Gasteiger partial charge is 0.454 e. The van der Waals surface area contributed by atoms with Gasteiger partial charge in [0.05, 0.1) is 0 Å². The first-order chi connectivity index (χ1) is 9.50. The van der Waals surface area contributed by atoms with Crippen molar-refractivity contribution in [3.05, 3.63) is 28.9 Å². The zero-order chi connectivity index (χ0) is 14.3. The number of alkyl halides is 1. The number of carbonyl (C=O) groups is 1. The third-order valence-corrected chi connectivity index (χ3v) is 3.13. The molecule has 1 aliphatic carbocycles. The summed E-state index contributed by atoms with van der Waals surface area (Å²) in [6, 6.07) is 0. The Morgan fingerprint density at radius 3 is 3.00 bits per heavy atom. The van der Waals surface area contributed by atoms with Crippen molar-refractivity contribution in [2.45, 2.75) is 25.1 Å². The second-order valence-corrected chi connectivity index (χ2v) is 4.55. The van der Waals surface area contributed by atoms with Gasteiger partial charge in [-0.05, 0) is 6.42 Å². The molecule has 0 bridgehead atoms. The van der Waals surface area contributed by atoms with Crippen molar-refractivity contribution in [2.75, 3.05) is 0 Å². The van der Waals surface area contributed by atoms with E-state index in [1.165, 1.54) is 13.5 Å². The summed E-state index contributed by atoms with van der Waals surface area (Å²) in [4.78, 5) is 27.4. The molecule has 2 aromatic heterocycles. The van der Waals surface area contributed by atoms with Crippen LogP contribution in [0.3, 0.4) is 0 Å². The maximum Gasteiger partial charge on any atom is 0.361 e. The van der Waals surface area contributed by atoms with Crippen LogP contribution in [-0.4, -0.2) is 36.2 Å². The SMILES string of the molecule is Cn1nnc2c(C(=O)OC3(F)[CH-]CCC3)ncn2c1=O.[Y]. The maximum atomic E-state index is 14.1. The number of rotatable bonds is 2. The molecule has 1 unspecified atom stereocenters. The molecule has 2 aromatic rings. The summed E-state index contributed by atoms with van der Waals surface area (Å²) in [5.41, 5.74) is -0.795. The Morgan fingerprint density at radius 2 is 2.33 bits per heavy atom. The molecule has 2 heterocycles. The summed E-state index contributed by atoms with van der Waals surface area (Å²) in [5, 5.41) is 7.26. The Morgan fingerprint density at radius 1 is 1.57 bits per heavy atom. The predicted octanol–water partition coefficient (Wildman–Crippen LogP) is 0.0313. The Balaban J connectivity index is 0.00000161. The number of halogens is 1. The van der Waals surface area contributed by atoms with Crippen LogP contribution in [0.1, 0.15) is 29.8 Å². The number of imidazole rings is 1. The van der Waals surface area contributed by atoms with Crippen LogP contribution in [0.5, 0.6) is 0 Å². The van der Waals surface area contributed by atoms with E-state index in [-0.39, 0.29) is 50.5 Å². The number of fused-ring (bicyclic) bond motifs is 1. The molecule has 0 amide bonds. The van der Waals surface area contributed by atoms with Gasteiger partial charge in [-0.1, -0.05) is 11.6 Å². The molecule has 1 saturated carbocycles. The van der Waals surface area contributed by atoms with Gasteiger partial charge >= 0.3 is 11.7 Å². The third kappa shape index (κ3) is 2.89. The van der Waals surface area contributed by atoms with Crippen LogP contribution in [0.15, 0.2) is 11.1 Å². The van der Waals surface area contributed by atoms with Crippen LogP contribution in [-0.2, 0) is 44.5 Å². The molecular weight excluding hydrogens is 358 g/mol. The van der Waals surface area contributed by atoms with E-state index < -0.39 is 17.5 Å². The van der Waals surface area contributed by atoms with Crippen molar-refractivity contribution in [1.82, 2.24) is 24.4 Å². The number of hydrogen-bond donors (Lipinski definition) is 0. The molecule has 1 atom stereocenters. The van der Waals surface area contributed by atoms with Crippen molar-refractivity contribution in [3.63, 3.8) is 0 Å². The molecule has 109 valence electrons. The standard InChI is InChI=1S/C11H11FN5O3.Y/c1-16-10(19)17-6-13-7(8(17)14-15-16)9(18)20-11(12)4-2-3-5-11;/h4,6H,2-3,5H2,1H3;/q-1;. The van der Waals surface area contributed by atoms with Crippen LogP contribution in [0.2, 0.25) is 0 Å². The van der Waals surface area contributed by atoms with E-state index in [1.807, 2.05) is 0 Å². The molecule has 0 N–H and O–H groups in total. The number of aromatic nitrogens is 5. The van der Waals surface area contributed by atoms with Gasteiger partial charge in [0.15, 0.2) is 11.3 Å². The maximum absolute atomic E-state index is 14.1. The van der Waals surface area contributed by atoms with Crippen molar-refractivity contribution in [2.24, 2.45) is 7.05 Å². The van der Waals surface area contributed by atoms with E-state index in [0.717, 1.165) is 15.4 Å². The van der Waals surface area contributed by atoms with Gasteiger partial charge in [-0.3, -0.25) is 6.42 Å². The van der Waals surface area contributed by atoms with E-state index in [2.05, 4.69) is 15.3 Å². The molecule has 10 heteroatoms. The van der Waals surface area contributed by atoms with Crippen LogP contribution < -0.4 is 5.69 Å². The molecule has 21 heavy (non-hydrogen) atoms. The van der Waals surface area contributed by atoms with Gasteiger partial charge < -0.3 is 4.74 Å². The minimum atomic E-state index is -2.07. The first-order valence-electron chi connectivity index (χ1n) is 6.04. The van der Waals surface area contributed by atoms with Crippen LogP contribution in [0.4, 0.5) is 4.39 Å². The van der Waals surface area contributed by atoms with E-state index in [4.69, 9.17) is 4.74 Å². The van der Waals surface area contributed by atoms with Gasteiger partial charge in [0.25, 0.3) is 0 Å². The fraction of sp³-hybridized carbons (Fsp3) is 0.455. The first kappa shape index (κ1) is 16.2. The molecule has 0 saturated heterocycles. The molecule has 0 aromatic carbocycles. The summed E-state index contributed by atoms with van der Waals surface area (Å²) in [5.74, 6) is -3.03. The Hall–Kier alpha value is -1.22. The smallest absolute Gasteiger partial charge is 0.361 e. The van der Waals surface area contributed by atoms with Crippen molar-refractivity contribution >= 4 is 11.6 Å².